The normalized spacial score (nSPS) is 15.7. The first-order chi connectivity index (χ1) is 8.63. The second-order valence-electron chi connectivity index (χ2n) is 4.52. The Morgan fingerprint density at radius 2 is 2.00 bits per heavy atom. The third-order valence-electron chi connectivity index (χ3n) is 3.11. The first kappa shape index (κ1) is 10.9. The lowest BCUT2D eigenvalue weighted by molar-refractivity contribution is -0.121. The topological polar surface area (TPSA) is 50.3 Å². The molecule has 0 aliphatic carbocycles. The van der Waals surface area contributed by atoms with Gasteiger partial charge >= 0.3 is 0 Å². The highest BCUT2D eigenvalue weighted by atomic mass is 16.2. The third-order valence-corrected chi connectivity index (χ3v) is 3.11. The predicted molar refractivity (Wildman–Crippen MR) is 68.5 cm³/mol. The van der Waals surface area contributed by atoms with E-state index in [2.05, 4.69) is 4.98 Å². The number of anilines is 1. The summed E-state index contributed by atoms with van der Waals surface area (Å²) >= 11 is 0. The van der Waals surface area contributed by atoms with E-state index in [0.29, 0.717) is 0 Å². The number of carbonyl (C=O) groups excluding carboxylic acids is 2. The van der Waals surface area contributed by atoms with E-state index in [0.717, 1.165) is 22.3 Å². The molecule has 0 bridgehead atoms. The van der Waals surface area contributed by atoms with Gasteiger partial charge in [-0.2, -0.15) is 0 Å². The maximum Gasteiger partial charge on any atom is 0.234 e. The number of Topliss-reactive ketones (excluding diaryl/α,β-unsaturated/α-hetero) is 1. The molecular formula is C14H12N2O2. The molecule has 1 saturated heterocycles. The van der Waals surface area contributed by atoms with Crippen LogP contribution in [0.5, 0.6) is 0 Å². The molecule has 4 nitrogen and oxygen atoms in total. The van der Waals surface area contributed by atoms with Gasteiger partial charge in [0.05, 0.1) is 18.5 Å². The fourth-order valence-corrected chi connectivity index (χ4v) is 2.20. The number of fused-ring (bicyclic) bond motifs is 1. The maximum absolute atomic E-state index is 11.7. The van der Waals surface area contributed by atoms with Crippen LogP contribution in [-0.4, -0.2) is 23.2 Å². The first-order valence-corrected chi connectivity index (χ1v) is 5.83. The molecule has 2 heterocycles. The molecule has 0 spiro atoms. The molecule has 0 N–H and O–H groups in total. The minimum Gasteiger partial charge on any atom is -0.305 e. The smallest absolute Gasteiger partial charge is 0.234 e. The number of ketones is 1. The summed E-state index contributed by atoms with van der Waals surface area (Å²) in [5.74, 6) is -0.151. The average molecular weight is 240 g/mol. The van der Waals surface area contributed by atoms with Crippen LogP contribution in [0.15, 0.2) is 30.3 Å². The minimum absolute atomic E-state index is 0.0180. The number of carbonyl (C=O) groups is 2. The van der Waals surface area contributed by atoms with Crippen molar-refractivity contribution in [3.05, 3.63) is 36.0 Å². The van der Waals surface area contributed by atoms with Gasteiger partial charge in [0.1, 0.15) is 0 Å². The molecule has 1 aromatic heterocycles. The van der Waals surface area contributed by atoms with E-state index in [9.17, 15) is 9.59 Å². The molecule has 18 heavy (non-hydrogen) atoms. The fourth-order valence-electron chi connectivity index (χ4n) is 2.20. The monoisotopic (exact) mass is 240 g/mol. The van der Waals surface area contributed by atoms with E-state index >= 15 is 0 Å². The highest BCUT2D eigenvalue weighted by Gasteiger charge is 2.28. The van der Waals surface area contributed by atoms with E-state index < -0.39 is 0 Å². The Bertz CT molecular complexity index is 664. The van der Waals surface area contributed by atoms with Crippen molar-refractivity contribution in [1.82, 2.24) is 4.98 Å². The number of hydrogen-bond donors (Lipinski definition) is 0. The van der Waals surface area contributed by atoms with Crippen LogP contribution in [0.4, 0.5) is 5.69 Å². The van der Waals surface area contributed by atoms with E-state index in [1.165, 1.54) is 4.90 Å². The summed E-state index contributed by atoms with van der Waals surface area (Å²) in [5.41, 5.74) is 2.63. The molecule has 3 rings (SSSR count). The number of rotatable bonds is 1. The van der Waals surface area contributed by atoms with Gasteiger partial charge in [-0.1, -0.05) is 6.07 Å². The molecule has 1 aromatic carbocycles. The van der Waals surface area contributed by atoms with Crippen LogP contribution in [0.2, 0.25) is 0 Å². The Hall–Kier alpha value is -2.23. The van der Waals surface area contributed by atoms with Crippen molar-refractivity contribution in [2.45, 2.75) is 13.3 Å². The van der Waals surface area contributed by atoms with Gasteiger partial charge in [0, 0.05) is 16.8 Å². The molecular weight excluding hydrogens is 228 g/mol. The van der Waals surface area contributed by atoms with Crippen LogP contribution >= 0.6 is 0 Å². The first-order valence-electron chi connectivity index (χ1n) is 5.83. The summed E-state index contributed by atoms with van der Waals surface area (Å²) in [4.78, 5) is 28.9. The molecule has 1 aliphatic heterocycles. The van der Waals surface area contributed by atoms with Crippen LogP contribution in [0.1, 0.15) is 12.1 Å². The van der Waals surface area contributed by atoms with Crippen molar-refractivity contribution in [2.24, 2.45) is 0 Å². The van der Waals surface area contributed by atoms with E-state index in [1.54, 1.807) is 0 Å². The van der Waals surface area contributed by atoms with Gasteiger partial charge in [0.2, 0.25) is 5.91 Å². The minimum atomic E-state index is -0.126. The Labute approximate surface area is 104 Å². The Morgan fingerprint density at radius 3 is 2.72 bits per heavy atom. The Kier molecular flexibility index (Phi) is 2.37. The van der Waals surface area contributed by atoms with Gasteiger partial charge in [-0.15, -0.1) is 0 Å². The second kappa shape index (κ2) is 3.91. The molecule has 1 fully saturated rings. The maximum atomic E-state index is 11.7. The van der Waals surface area contributed by atoms with Crippen molar-refractivity contribution in [2.75, 3.05) is 11.4 Å². The standard InChI is InChI=1S/C14H12N2O2/c1-9-2-3-10-6-11(4-5-13(10)15-9)16-8-12(17)7-14(16)18/h2-6H,7-8H2,1H3. The van der Waals surface area contributed by atoms with E-state index in [4.69, 9.17) is 0 Å². The van der Waals surface area contributed by atoms with Crippen LogP contribution < -0.4 is 4.90 Å². The van der Waals surface area contributed by atoms with Gasteiger partial charge in [-0.05, 0) is 31.2 Å². The molecule has 0 radical (unpaired) electrons. The lowest BCUT2D eigenvalue weighted by Crippen LogP contribution is -2.24. The highest BCUT2D eigenvalue weighted by molar-refractivity contribution is 6.15. The SMILES string of the molecule is Cc1ccc2cc(N3CC(=O)CC3=O)ccc2n1. The number of aryl methyl sites for hydroxylation is 1. The van der Waals surface area contributed by atoms with Crippen molar-refractivity contribution in [3.8, 4) is 0 Å². The molecule has 2 aromatic rings. The van der Waals surface area contributed by atoms with Crippen LogP contribution in [0.25, 0.3) is 10.9 Å². The molecule has 4 heteroatoms. The highest BCUT2D eigenvalue weighted by Crippen LogP contribution is 2.24. The van der Waals surface area contributed by atoms with Gasteiger partial charge in [-0.25, -0.2) is 0 Å². The van der Waals surface area contributed by atoms with Crippen molar-refractivity contribution >= 4 is 28.3 Å². The van der Waals surface area contributed by atoms with Crippen LogP contribution in [-0.2, 0) is 9.59 Å². The molecule has 0 saturated carbocycles. The summed E-state index contributed by atoms with van der Waals surface area (Å²) in [6, 6.07) is 9.53. The lowest BCUT2D eigenvalue weighted by Gasteiger charge is -2.15. The quantitative estimate of drug-likeness (QED) is 0.715. The summed E-state index contributed by atoms with van der Waals surface area (Å²) in [6.45, 7) is 2.12. The second-order valence-corrected chi connectivity index (χ2v) is 4.52. The zero-order chi connectivity index (χ0) is 12.7. The summed E-state index contributed by atoms with van der Waals surface area (Å²) in [7, 11) is 0. The van der Waals surface area contributed by atoms with Crippen molar-refractivity contribution < 1.29 is 9.59 Å². The fraction of sp³-hybridized carbons (Fsp3) is 0.214. The number of amides is 1. The van der Waals surface area contributed by atoms with Gasteiger partial charge in [0.15, 0.2) is 5.78 Å². The number of nitrogens with zero attached hydrogens (tertiary/aromatic N) is 2. The van der Waals surface area contributed by atoms with E-state index in [-0.39, 0.29) is 24.7 Å². The largest absolute Gasteiger partial charge is 0.305 e. The van der Waals surface area contributed by atoms with Crippen molar-refractivity contribution in [1.29, 1.82) is 0 Å². The summed E-state index contributed by atoms with van der Waals surface area (Å²) in [5, 5.41) is 0.977. The van der Waals surface area contributed by atoms with Crippen LogP contribution in [0, 0.1) is 6.92 Å². The zero-order valence-electron chi connectivity index (χ0n) is 10.0. The average Bonchev–Trinajstić information content (AvgIpc) is 2.68. The zero-order valence-corrected chi connectivity index (χ0v) is 10.0. The molecule has 0 unspecified atom stereocenters. The molecule has 1 aliphatic rings. The predicted octanol–water partition coefficient (Wildman–Crippen LogP) is 1.85. The van der Waals surface area contributed by atoms with E-state index in [1.807, 2.05) is 37.3 Å². The molecule has 90 valence electrons. The Balaban J connectivity index is 2.06. The van der Waals surface area contributed by atoms with Crippen LogP contribution in [0.3, 0.4) is 0 Å². The molecule has 0 atom stereocenters. The summed E-state index contributed by atoms with van der Waals surface area (Å²) < 4.78 is 0. The third kappa shape index (κ3) is 1.76. The number of hydrogen-bond acceptors (Lipinski definition) is 3. The number of aromatic nitrogens is 1. The molecule has 1 amide bonds. The summed E-state index contributed by atoms with van der Waals surface area (Å²) in [6.07, 6.45) is 0.0180. The Morgan fingerprint density at radius 1 is 1.17 bits per heavy atom. The number of pyridine rings is 1. The van der Waals surface area contributed by atoms with Crippen molar-refractivity contribution in [3.63, 3.8) is 0 Å². The lowest BCUT2D eigenvalue weighted by atomic mass is 10.1. The van der Waals surface area contributed by atoms with Gasteiger partial charge in [-0.3, -0.25) is 14.6 Å². The number of benzene rings is 1. The van der Waals surface area contributed by atoms with Gasteiger partial charge in [0.25, 0.3) is 0 Å². The van der Waals surface area contributed by atoms with Gasteiger partial charge < -0.3 is 4.90 Å².